The lowest BCUT2D eigenvalue weighted by molar-refractivity contribution is -0.137. The van der Waals surface area contributed by atoms with E-state index in [1.54, 1.807) is 13.8 Å². The Balaban J connectivity index is 3.00. The Morgan fingerprint density at radius 2 is 1.89 bits per heavy atom. The molecule has 2 N–H and O–H groups in total. The van der Waals surface area contributed by atoms with E-state index in [1.165, 1.54) is 0 Å². The van der Waals surface area contributed by atoms with Gasteiger partial charge in [0.25, 0.3) is 0 Å². The van der Waals surface area contributed by atoms with Gasteiger partial charge in [-0.15, -0.1) is 0 Å². The van der Waals surface area contributed by atoms with Crippen LogP contribution in [-0.4, -0.2) is 17.3 Å². The monoisotopic (exact) mass is 265 g/mol. The lowest BCUT2D eigenvalue weighted by Gasteiger charge is -2.28. The van der Waals surface area contributed by atoms with E-state index in [1.807, 2.05) is 0 Å². The molecule has 0 spiro atoms. The van der Waals surface area contributed by atoms with Gasteiger partial charge in [0.15, 0.2) is 0 Å². The Labute approximate surface area is 103 Å². The van der Waals surface area contributed by atoms with Crippen LogP contribution < -0.4 is 5.32 Å². The zero-order valence-electron chi connectivity index (χ0n) is 10.1. The number of aliphatic hydroxyl groups excluding tert-OH is 1. The fourth-order valence-electron chi connectivity index (χ4n) is 1.36. The Morgan fingerprint density at radius 3 is 2.28 bits per heavy atom. The van der Waals surface area contributed by atoms with Gasteiger partial charge in [-0.05, 0) is 31.5 Å². The molecule has 0 aliphatic heterocycles. The van der Waals surface area contributed by atoms with Crippen LogP contribution in [0.3, 0.4) is 0 Å². The standard InChI is InChI=1S/C12H15F4NO/c1-3-11(2,7-18)17-10-5-4-8(6-9(10)13)12(14,15)16/h4-6,17-18H,3,7H2,1-2H3. The van der Waals surface area contributed by atoms with Gasteiger partial charge < -0.3 is 10.4 Å². The highest BCUT2D eigenvalue weighted by Crippen LogP contribution is 2.32. The summed E-state index contributed by atoms with van der Waals surface area (Å²) in [5.74, 6) is -0.988. The number of alkyl halides is 3. The molecule has 0 fully saturated rings. The van der Waals surface area contributed by atoms with Gasteiger partial charge in [0.1, 0.15) is 5.82 Å². The number of nitrogens with one attached hydrogen (secondary N) is 1. The number of hydrogen-bond acceptors (Lipinski definition) is 2. The van der Waals surface area contributed by atoms with Gasteiger partial charge in [0.2, 0.25) is 0 Å². The van der Waals surface area contributed by atoms with Gasteiger partial charge in [0.05, 0.1) is 23.4 Å². The van der Waals surface area contributed by atoms with Crippen molar-refractivity contribution < 1.29 is 22.7 Å². The maximum atomic E-state index is 13.5. The third-order valence-corrected chi connectivity index (χ3v) is 2.86. The number of rotatable bonds is 4. The molecule has 0 aliphatic carbocycles. The first-order chi connectivity index (χ1) is 8.22. The molecule has 1 unspecified atom stereocenters. The molecule has 0 radical (unpaired) electrons. The average Bonchev–Trinajstić information content (AvgIpc) is 2.30. The zero-order valence-corrected chi connectivity index (χ0v) is 10.1. The number of benzene rings is 1. The van der Waals surface area contributed by atoms with Crippen molar-refractivity contribution in [2.45, 2.75) is 32.0 Å². The third kappa shape index (κ3) is 3.35. The second-order valence-electron chi connectivity index (χ2n) is 4.39. The van der Waals surface area contributed by atoms with Gasteiger partial charge >= 0.3 is 6.18 Å². The third-order valence-electron chi connectivity index (χ3n) is 2.86. The van der Waals surface area contributed by atoms with Crippen molar-refractivity contribution in [3.8, 4) is 0 Å². The molecule has 0 aromatic heterocycles. The maximum Gasteiger partial charge on any atom is 0.416 e. The minimum absolute atomic E-state index is 0.0543. The number of hydrogen-bond donors (Lipinski definition) is 2. The summed E-state index contributed by atoms with van der Waals surface area (Å²) in [7, 11) is 0. The van der Waals surface area contributed by atoms with Crippen LogP contribution in [0.5, 0.6) is 0 Å². The summed E-state index contributed by atoms with van der Waals surface area (Å²) < 4.78 is 50.6. The molecule has 0 saturated heterocycles. The predicted octanol–water partition coefficient (Wildman–Crippen LogP) is 3.42. The highest BCUT2D eigenvalue weighted by atomic mass is 19.4. The van der Waals surface area contributed by atoms with E-state index in [2.05, 4.69) is 5.32 Å². The molecular weight excluding hydrogens is 250 g/mol. The topological polar surface area (TPSA) is 32.3 Å². The average molecular weight is 265 g/mol. The van der Waals surface area contributed by atoms with Crippen LogP contribution in [0.2, 0.25) is 0 Å². The van der Waals surface area contributed by atoms with Crippen LogP contribution in [0.25, 0.3) is 0 Å². The van der Waals surface area contributed by atoms with Crippen LogP contribution in [0.15, 0.2) is 18.2 Å². The summed E-state index contributed by atoms with van der Waals surface area (Å²) in [6, 6.07) is 2.27. The fourth-order valence-corrected chi connectivity index (χ4v) is 1.36. The predicted molar refractivity (Wildman–Crippen MR) is 60.8 cm³/mol. The van der Waals surface area contributed by atoms with Crippen LogP contribution in [0.4, 0.5) is 23.2 Å². The second kappa shape index (κ2) is 5.14. The van der Waals surface area contributed by atoms with Crippen molar-refractivity contribution in [2.75, 3.05) is 11.9 Å². The van der Waals surface area contributed by atoms with Crippen molar-refractivity contribution >= 4 is 5.69 Å². The molecule has 1 atom stereocenters. The van der Waals surface area contributed by atoms with E-state index in [0.29, 0.717) is 12.5 Å². The van der Waals surface area contributed by atoms with Crippen LogP contribution in [-0.2, 0) is 6.18 Å². The molecule has 1 aromatic rings. The fraction of sp³-hybridized carbons (Fsp3) is 0.500. The van der Waals surface area contributed by atoms with Crippen molar-refractivity contribution in [2.24, 2.45) is 0 Å². The molecule has 0 bridgehead atoms. The Bertz CT molecular complexity index is 413. The lowest BCUT2D eigenvalue weighted by Crippen LogP contribution is -2.38. The molecule has 2 nitrogen and oxygen atoms in total. The minimum atomic E-state index is -4.57. The van der Waals surface area contributed by atoms with Gasteiger partial charge in [0, 0.05) is 0 Å². The first-order valence-corrected chi connectivity index (χ1v) is 5.47. The van der Waals surface area contributed by atoms with E-state index in [9.17, 15) is 17.6 Å². The van der Waals surface area contributed by atoms with Crippen molar-refractivity contribution in [3.63, 3.8) is 0 Å². The SMILES string of the molecule is CCC(C)(CO)Nc1ccc(C(F)(F)F)cc1F. The summed E-state index contributed by atoms with van der Waals surface area (Å²) in [6.45, 7) is 3.19. The summed E-state index contributed by atoms with van der Waals surface area (Å²) in [5.41, 5.74) is -1.85. The minimum Gasteiger partial charge on any atom is -0.394 e. The second-order valence-corrected chi connectivity index (χ2v) is 4.39. The Kier molecular flexibility index (Phi) is 4.21. The van der Waals surface area contributed by atoms with Crippen molar-refractivity contribution in [1.29, 1.82) is 0 Å². The van der Waals surface area contributed by atoms with Crippen LogP contribution in [0.1, 0.15) is 25.8 Å². The molecular formula is C12H15F4NO. The van der Waals surface area contributed by atoms with E-state index < -0.39 is 23.1 Å². The molecule has 0 saturated carbocycles. The molecule has 18 heavy (non-hydrogen) atoms. The Hall–Kier alpha value is -1.30. The number of anilines is 1. The van der Waals surface area contributed by atoms with E-state index in [0.717, 1.165) is 12.1 Å². The smallest absolute Gasteiger partial charge is 0.394 e. The summed E-state index contributed by atoms with van der Waals surface area (Å²) in [6.07, 6.45) is -4.06. The summed E-state index contributed by atoms with van der Waals surface area (Å²) in [4.78, 5) is 0. The van der Waals surface area contributed by atoms with Gasteiger partial charge in [-0.3, -0.25) is 0 Å². The molecule has 0 amide bonds. The van der Waals surface area contributed by atoms with Gasteiger partial charge in [-0.1, -0.05) is 6.92 Å². The largest absolute Gasteiger partial charge is 0.416 e. The van der Waals surface area contributed by atoms with E-state index in [4.69, 9.17) is 5.11 Å². The first-order valence-electron chi connectivity index (χ1n) is 5.47. The lowest BCUT2D eigenvalue weighted by atomic mass is 9.99. The number of halogens is 4. The highest BCUT2D eigenvalue weighted by Gasteiger charge is 2.31. The number of aliphatic hydroxyl groups is 1. The Morgan fingerprint density at radius 1 is 1.28 bits per heavy atom. The molecule has 1 rings (SSSR count). The summed E-state index contributed by atoms with van der Waals surface area (Å²) >= 11 is 0. The van der Waals surface area contributed by atoms with Crippen LogP contribution in [0, 0.1) is 5.82 Å². The molecule has 1 aromatic carbocycles. The first kappa shape index (κ1) is 14.8. The van der Waals surface area contributed by atoms with Gasteiger partial charge in [-0.2, -0.15) is 13.2 Å². The van der Waals surface area contributed by atoms with Crippen molar-refractivity contribution in [3.05, 3.63) is 29.6 Å². The molecule has 0 heterocycles. The molecule has 6 heteroatoms. The van der Waals surface area contributed by atoms with E-state index in [-0.39, 0.29) is 12.3 Å². The molecule has 0 aliphatic rings. The highest BCUT2D eigenvalue weighted by molar-refractivity contribution is 5.48. The molecule has 102 valence electrons. The normalized spacial score (nSPS) is 15.3. The van der Waals surface area contributed by atoms with E-state index >= 15 is 0 Å². The maximum absolute atomic E-state index is 13.5. The van der Waals surface area contributed by atoms with Gasteiger partial charge in [-0.25, -0.2) is 4.39 Å². The van der Waals surface area contributed by atoms with Crippen LogP contribution >= 0.6 is 0 Å². The zero-order chi connectivity index (χ0) is 14.0. The quantitative estimate of drug-likeness (QED) is 0.818. The summed E-state index contributed by atoms with van der Waals surface area (Å²) in [5, 5.41) is 11.9. The van der Waals surface area contributed by atoms with Crippen molar-refractivity contribution in [1.82, 2.24) is 0 Å².